The van der Waals surface area contributed by atoms with Crippen molar-refractivity contribution in [2.45, 2.75) is 19.0 Å². The van der Waals surface area contributed by atoms with Gasteiger partial charge < -0.3 is 25.0 Å². The zero-order valence-electron chi connectivity index (χ0n) is 18.1. The number of halogens is 1. The first-order valence-corrected chi connectivity index (χ1v) is 11.6. The highest BCUT2D eigenvalue weighted by atomic mass is 35.5. The molecule has 3 heterocycles. The van der Waals surface area contributed by atoms with Gasteiger partial charge in [-0.1, -0.05) is 29.0 Å². The third-order valence-corrected chi connectivity index (χ3v) is 6.63. The minimum Gasteiger partial charge on any atom is -0.474 e. The van der Waals surface area contributed by atoms with Crippen molar-refractivity contribution >= 4 is 51.5 Å². The number of fused-ring (bicyclic) bond motifs is 1. The monoisotopic (exact) mass is 489 g/mol. The van der Waals surface area contributed by atoms with E-state index in [9.17, 15) is 9.59 Å². The Morgan fingerprint density at radius 1 is 1.27 bits per heavy atom. The number of anilines is 1. The number of hydrogen-bond donors (Lipinski definition) is 1. The van der Waals surface area contributed by atoms with E-state index >= 15 is 0 Å². The molecule has 0 spiro atoms. The molecule has 1 atom stereocenters. The molecule has 3 aromatic rings. The van der Waals surface area contributed by atoms with Crippen molar-refractivity contribution < 1.29 is 19.1 Å². The van der Waals surface area contributed by atoms with Crippen LogP contribution in [0.3, 0.4) is 0 Å². The summed E-state index contributed by atoms with van der Waals surface area (Å²) in [6.07, 6.45) is 1.83. The lowest BCUT2D eigenvalue weighted by molar-refractivity contribution is -0.153. The number of benzene rings is 1. The van der Waals surface area contributed by atoms with Crippen LogP contribution in [-0.2, 0) is 20.9 Å². The quantitative estimate of drug-likeness (QED) is 0.517. The number of carbonyl (C=O) groups excluding carboxylic acids is 2. The van der Waals surface area contributed by atoms with E-state index in [1.807, 2.05) is 18.2 Å². The smallest absolute Gasteiger partial charge is 0.261 e. The van der Waals surface area contributed by atoms with Gasteiger partial charge in [-0.25, -0.2) is 9.97 Å². The van der Waals surface area contributed by atoms with Crippen LogP contribution in [0.15, 0.2) is 36.7 Å². The maximum Gasteiger partial charge on any atom is 0.261 e. The first-order chi connectivity index (χ1) is 16.0. The fourth-order valence-electron chi connectivity index (χ4n) is 3.84. The first kappa shape index (κ1) is 23.2. The van der Waals surface area contributed by atoms with E-state index in [0.717, 1.165) is 16.5 Å². The summed E-state index contributed by atoms with van der Waals surface area (Å²) in [6, 6.07) is 8.50. The zero-order valence-corrected chi connectivity index (χ0v) is 19.6. The molecule has 11 heteroatoms. The summed E-state index contributed by atoms with van der Waals surface area (Å²) in [5.41, 5.74) is 7.56. The van der Waals surface area contributed by atoms with E-state index < -0.39 is 6.04 Å². The minimum atomic E-state index is -0.611. The van der Waals surface area contributed by atoms with Gasteiger partial charge in [-0.3, -0.25) is 9.59 Å². The van der Waals surface area contributed by atoms with Crippen LogP contribution in [0.4, 0.5) is 5.82 Å². The van der Waals surface area contributed by atoms with Crippen molar-refractivity contribution in [1.29, 1.82) is 0 Å². The third kappa shape index (κ3) is 5.35. The van der Waals surface area contributed by atoms with Gasteiger partial charge in [0, 0.05) is 45.2 Å². The molecule has 4 rings (SSSR count). The Labute approximate surface area is 200 Å². The molecule has 1 aromatic carbocycles. The van der Waals surface area contributed by atoms with Crippen molar-refractivity contribution in [3.8, 4) is 5.06 Å². The average molecular weight is 490 g/mol. The molecule has 2 N–H and O–H groups in total. The van der Waals surface area contributed by atoms with Gasteiger partial charge in [0.25, 0.3) is 5.91 Å². The fourth-order valence-corrected chi connectivity index (χ4v) is 4.71. The van der Waals surface area contributed by atoms with Crippen LogP contribution in [0.1, 0.15) is 12.0 Å². The van der Waals surface area contributed by atoms with Crippen molar-refractivity contribution in [2.75, 3.05) is 39.1 Å². The van der Waals surface area contributed by atoms with Crippen LogP contribution < -0.4 is 10.5 Å². The minimum absolute atomic E-state index is 0.117. The molecule has 1 saturated heterocycles. The molecule has 1 aliphatic heterocycles. The molecule has 1 unspecified atom stereocenters. The summed E-state index contributed by atoms with van der Waals surface area (Å²) in [4.78, 5) is 37.8. The van der Waals surface area contributed by atoms with Crippen molar-refractivity contribution in [1.82, 2.24) is 19.8 Å². The lowest BCUT2D eigenvalue weighted by Gasteiger charge is -2.40. The van der Waals surface area contributed by atoms with Gasteiger partial charge in [0.1, 0.15) is 18.2 Å². The molecule has 9 nitrogen and oxygen atoms in total. The van der Waals surface area contributed by atoms with Crippen LogP contribution in [0.2, 0.25) is 4.34 Å². The molecule has 0 radical (unpaired) electrons. The van der Waals surface area contributed by atoms with Crippen LogP contribution in [0.5, 0.6) is 5.06 Å². The van der Waals surface area contributed by atoms with Gasteiger partial charge in [0.2, 0.25) is 5.91 Å². The summed E-state index contributed by atoms with van der Waals surface area (Å²) < 4.78 is 11.3. The fraction of sp³-hybridized carbons (Fsp3) is 0.364. The van der Waals surface area contributed by atoms with E-state index in [1.165, 1.54) is 17.7 Å². The van der Waals surface area contributed by atoms with Crippen LogP contribution in [-0.4, -0.2) is 71.0 Å². The topological polar surface area (TPSA) is 111 Å². The van der Waals surface area contributed by atoms with Crippen molar-refractivity contribution in [2.24, 2.45) is 0 Å². The molecule has 1 aliphatic rings. The second-order valence-electron chi connectivity index (χ2n) is 7.60. The number of rotatable bonds is 8. The predicted octanol–water partition coefficient (Wildman–Crippen LogP) is 2.58. The number of nitrogen functional groups attached to an aromatic ring is 1. The Morgan fingerprint density at radius 2 is 2.12 bits per heavy atom. The summed E-state index contributed by atoms with van der Waals surface area (Å²) in [5.74, 6) is 0.0565. The highest BCUT2D eigenvalue weighted by Crippen LogP contribution is 2.28. The number of thiophene rings is 1. The Kier molecular flexibility index (Phi) is 7.26. The highest BCUT2D eigenvalue weighted by Gasteiger charge is 2.37. The second kappa shape index (κ2) is 10.3. The van der Waals surface area contributed by atoms with Gasteiger partial charge in [-0.15, -0.1) is 0 Å². The lowest BCUT2D eigenvalue weighted by atomic mass is 10.1. The molecule has 0 saturated carbocycles. The molecule has 0 bridgehead atoms. The number of ether oxygens (including phenoxy) is 2. The number of carbonyl (C=O) groups is 2. The number of amides is 2. The molecule has 0 aliphatic carbocycles. The maximum absolute atomic E-state index is 13.3. The van der Waals surface area contributed by atoms with Gasteiger partial charge in [-0.2, -0.15) is 0 Å². The van der Waals surface area contributed by atoms with Gasteiger partial charge >= 0.3 is 0 Å². The normalized spacial score (nSPS) is 16.4. The lowest BCUT2D eigenvalue weighted by Crippen LogP contribution is -2.59. The number of nitrogens with zero attached hydrogens (tertiary/aromatic N) is 4. The summed E-state index contributed by atoms with van der Waals surface area (Å²) in [5, 5.41) is 1.33. The Hall–Kier alpha value is -2.95. The van der Waals surface area contributed by atoms with E-state index in [2.05, 4.69) is 9.97 Å². The van der Waals surface area contributed by atoms with Crippen molar-refractivity contribution in [3.05, 3.63) is 46.6 Å². The molecule has 2 aromatic heterocycles. The molecule has 33 heavy (non-hydrogen) atoms. The summed E-state index contributed by atoms with van der Waals surface area (Å²) >= 11 is 7.17. The standard InChI is InChI=1S/C22H24ClN5O4S/c1-31-9-6-17-22(30)27(11-14-2-3-15-16(10-14)25-13-26-21(15)24)7-8-28(17)19(29)12-32-20-5-4-18(23)33-20/h2-5,10,13,17H,6-9,11-12H2,1H3,(H2,24,25,26). The van der Waals surface area contributed by atoms with E-state index in [1.54, 1.807) is 29.0 Å². The number of nitrogens with two attached hydrogens (primary N) is 1. The van der Waals surface area contributed by atoms with Gasteiger partial charge in [-0.05, 0) is 29.8 Å². The number of aromatic nitrogens is 2. The van der Waals surface area contributed by atoms with E-state index in [4.69, 9.17) is 26.8 Å². The Morgan fingerprint density at radius 3 is 2.88 bits per heavy atom. The van der Waals surface area contributed by atoms with E-state index in [0.29, 0.717) is 47.9 Å². The molecule has 1 fully saturated rings. The highest BCUT2D eigenvalue weighted by molar-refractivity contribution is 7.17. The van der Waals surface area contributed by atoms with Crippen molar-refractivity contribution in [3.63, 3.8) is 0 Å². The maximum atomic E-state index is 13.3. The largest absolute Gasteiger partial charge is 0.474 e. The molecular weight excluding hydrogens is 466 g/mol. The average Bonchev–Trinajstić information content (AvgIpc) is 3.23. The van der Waals surface area contributed by atoms with Crippen LogP contribution in [0, 0.1) is 0 Å². The summed E-state index contributed by atoms with van der Waals surface area (Å²) in [7, 11) is 1.57. The molecule has 2 amide bonds. The number of piperazine rings is 1. The van der Waals surface area contributed by atoms with Crippen LogP contribution in [0.25, 0.3) is 10.9 Å². The predicted molar refractivity (Wildman–Crippen MR) is 126 cm³/mol. The van der Waals surface area contributed by atoms with Crippen LogP contribution >= 0.6 is 22.9 Å². The van der Waals surface area contributed by atoms with Gasteiger partial charge in [0.15, 0.2) is 11.7 Å². The number of hydrogen-bond acceptors (Lipinski definition) is 8. The third-order valence-electron chi connectivity index (χ3n) is 5.49. The second-order valence-corrected chi connectivity index (χ2v) is 9.28. The Balaban J connectivity index is 1.45. The summed E-state index contributed by atoms with van der Waals surface area (Å²) in [6.45, 7) is 1.45. The number of methoxy groups -OCH3 is 1. The van der Waals surface area contributed by atoms with Gasteiger partial charge in [0.05, 0.1) is 9.85 Å². The zero-order chi connectivity index (χ0) is 23.4. The SMILES string of the molecule is COCCC1C(=O)N(Cc2ccc3c(N)ncnc3c2)CCN1C(=O)COc1ccc(Cl)s1. The first-order valence-electron chi connectivity index (χ1n) is 10.4. The molecular formula is C22H24ClN5O4S. The van der Waals surface area contributed by atoms with E-state index in [-0.39, 0.29) is 18.4 Å². The Bertz CT molecular complexity index is 1160. The molecule has 174 valence electrons.